The van der Waals surface area contributed by atoms with Gasteiger partial charge in [0, 0.05) is 62.3 Å². The van der Waals surface area contributed by atoms with E-state index in [0.717, 1.165) is 56.0 Å². The minimum Gasteiger partial charge on any atom is -0.662 e. The maximum absolute atomic E-state index is 14.6. The summed E-state index contributed by atoms with van der Waals surface area (Å²) in [5.74, 6) is -1.33. The minimum atomic E-state index is -2.61. The molecular weight excluding hydrogens is 1100 g/mol. The summed E-state index contributed by atoms with van der Waals surface area (Å²) >= 11 is 4.71. The number of aromatic nitrogens is 4. The van der Waals surface area contributed by atoms with Crippen LogP contribution in [0.2, 0.25) is 0 Å². The first-order valence-corrected chi connectivity index (χ1v) is 29.4. The smallest absolute Gasteiger partial charge is 0.662 e. The van der Waals surface area contributed by atoms with Crippen molar-refractivity contribution >= 4 is 123 Å². The zero-order valence-electron chi connectivity index (χ0n) is 46.8. The molecule has 0 saturated carbocycles. The third-order valence-electron chi connectivity index (χ3n) is 10.7. The van der Waals surface area contributed by atoms with Gasteiger partial charge in [-0.15, -0.1) is 0 Å². The Kier molecular flexibility index (Phi) is 29.2. The molecule has 6 rings (SSSR count). The fourth-order valence-corrected chi connectivity index (χ4v) is 9.10. The Morgan fingerprint density at radius 1 is 0.662 bits per heavy atom. The molecule has 0 unspecified atom stereocenters. The predicted octanol–water partition coefficient (Wildman–Crippen LogP) is 4.78. The van der Waals surface area contributed by atoms with Crippen molar-refractivity contribution in [1.29, 1.82) is 0 Å². The van der Waals surface area contributed by atoms with E-state index in [1.807, 2.05) is 71.5 Å². The largest absolute Gasteiger partial charge is 1.00 e. The van der Waals surface area contributed by atoms with Crippen LogP contribution in [0, 0.1) is 11.6 Å². The molecule has 424 valence electrons. The van der Waals surface area contributed by atoms with E-state index in [1.54, 1.807) is 87.3 Å². The summed E-state index contributed by atoms with van der Waals surface area (Å²) in [6.07, 6.45) is 4.39. The first kappa shape index (κ1) is 69.3. The van der Waals surface area contributed by atoms with Crippen molar-refractivity contribution in [3.8, 4) is 0 Å². The standard InChI is InChI=1S/C26H33FN7O2P.C23H31FN7OP.C3H3ClO.CH2O3.Na/c1-7-24(35)30-21-16-18(12-13-22(21)34(4)15-14-33(2)3)29-26-28-17-19(27)25(32-26)31-20-10-8-9-11-23(20)37(5,6)36;1-30(2)12-13-31(3)20-11-10-16(14-18(20)25)27-23-26-15-17(24)22(29-23)28-19-8-6-7-9-21(19)33(4,5)32;1-2-3(4)5;2-1-4-3;/h7-13,16-17H,1,14-15H2,2-6H3,(H,30,35)(H2,28,29,31,32);6-11,14-15H,12-13,25H2,1-5H3,(H2,26,27,28,29);2H,1H2;1,3H;/q;;;;+1/p-1. The number of hydrogen-bond donors (Lipinski definition) is 6. The van der Waals surface area contributed by atoms with Gasteiger partial charge in [0.05, 0.1) is 46.5 Å². The summed E-state index contributed by atoms with van der Waals surface area (Å²) in [5, 5.41) is 24.0. The first-order valence-electron chi connectivity index (χ1n) is 23.9. The van der Waals surface area contributed by atoms with Crippen LogP contribution in [0.5, 0.6) is 0 Å². The fraction of sp³-hybridized carbons (Fsp3) is 0.264. The van der Waals surface area contributed by atoms with E-state index in [9.17, 15) is 27.5 Å². The van der Waals surface area contributed by atoms with Gasteiger partial charge in [-0.25, -0.2) is 18.7 Å². The molecular formula is C53H68ClF2N14NaO7P2. The Morgan fingerprint density at radius 2 is 1.06 bits per heavy atom. The van der Waals surface area contributed by atoms with Crippen molar-refractivity contribution in [2.24, 2.45) is 0 Å². The van der Waals surface area contributed by atoms with Crippen molar-refractivity contribution in [3.63, 3.8) is 0 Å². The second-order valence-electron chi connectivity index (χ2n) is 18.4. The van der Waals surface area contributed by atoms with Crippen LogP contribution in [0.1, 0.15) is 0 Å². The molecule has 0 atom stereocenters. The Bertz CT molecular complexity index is 3140. The Hall–Kier alpha value is -6.78. The van der Waals surface area contributed by atoms with Gasteiger partial charge in [0.15, 0.2) is 23.3 Å². The second kappa shape index (κ2) is 33.7. The molecule has 6 aromatic rings. The monoisotopic (exact) mass is 1170 g/mol. The van der Waals surface area contributed by atoms with Gasteiger partial charge in [0.2, 0.25) is 23.0 Å². The van der Waals surface area contributed by atoms with Crippen molar-refractivity contribution in [2.75, 3.05) is 137 Å². The van der Waals surface area contributed by atoms with Gasteiger partial charge >= 0.3 is 29.6 Å². The number of amides is 1. The molecule has 0 aliphatic carbocycles. The SMILES string of the molecule is C=CC(=O)Cl.C=CC(=O)Nc1cc(Nc2ncc(F)c(Nc3ccccc3P(C)(C)=O)n2)ccc1N(C)CCN(C)C.CN(C)CCN(C)c1ccc(Nc2ncc(F)c(Nc3ccccc3P(C)(C)=O)n2)cc1N.O=CO[O-].[Na+]. The third-order valence-corrected chi connectivity index (χ3v) is 14.0. The molecule has 80 heavy (non-hydrogen) atoms. The molecule has 0 saturated heterocycles. The summed E-state index contributed by atoms with van der Waals surface area (Å²) in [6.45, 7) is 16.4. The molecule has 4 aromatic carbocycles. The van der Waals surface area contributed by atoms with Gasteiger partial charge in [0.25, 0.3) is 6.47 Å². The normalized spacial score (nSPS) is 10.6. The number of benzene rings is 4. The van der Waals surface area contributed by atoms with Gasteiger partial charge in [-0.05, 0) is 139 Å². The zero-order valence-corrected chi connectivity index (χ0v) is 51.3. The Labute approximate surface area is 493 Å². The van der Waals surface area contributed by atoms with Gasteiger partial charge in [0.1, 0.15) is 14.3 Å². The molecule has 2 aromatic heterocycles. The maximum Gasteiger partial charge on any atom is 1.00 e. The van der Waals surface area contributed by atoms with Crippen LogP contribution in [0.3, 0.4) is 0 Å². The minimum absolute atomic E-state index is 0. The van der Waals surface area contributed by atoms with Crippen molar-refractivity contribution in [1.82, 2.24) is 29.7 Å². The summed E-state index contributed by atoms with van der Waals surface area (Å²) < 4.78 is 54.3. The van der Waals surface area contributed by atoms with Crippen LogP contribution in [-0.4, -0.2) is 142 Å². The van der Waals surface area contributed by atoms with E-state index < -0.39 is 31.2 Å². The fourth-order valence-electron chi connectivity index (χ4n) is 6.79. The summed E-state index contributed by atoms with van der Waals surface area (Å²) in [6, 6.07) is 25.2. The quantitative estimate of drug-likeness (QED) is 0.00780. The van der Waals surface area contributed by atoms with Crippen molar-refractivity contribution < 1.29 is 72.0 Å². The first-order chi connectivity index (χ1) is 37.2. The summed E-state index contributed by atoms with van der Waals surface area (Å²) in [4.78, 5) is 57.7. The van der Waals surface area contributed by atoms with Crippen LogP contribution in [0.15, 0.2) is 123 Å². The number of anilines is 12. The van der Waals surface area contributed by atoms with Crippen molar-refractivity contribution in [2.45, 2.75) is 0 Å². The van der Waals surface area contributed by atoms with E-state index in [0.29, 0.717) is 44.7 Å². The summed E-state index contributed by atoms with van der Waals surface area (Å²) in [7, 11) is 6.80. The van der Waals surface area contributed by atoms with Crippen LogP contribution < -0.4 is 87.5 Å². The molecule has 27 heteroatoms. The number of halogens is 3. The van der Waals surface area contributed by atoms with Gasteiger partial charge < -0.3 is 71.2 Å². The van der Waals surface area contributed by atoms with E-state index in [-0.39, 0.29) is 65.5 Å². The van der Waals surface area contributed by atoms with Gasteiger partial charge in [-0.2, -0.15) is 9.97 Å². The second-order valence-corrected chi connectivity index (χ2v) is 25.1. The molecule has 1 amide bonds. The molecule has 0 aliphatic rings. The molecule has 0 bridgehead atoms. The zero-order chi connectivity index (χ0) is 59.0. The number of nitrogen functional groups attached to an aromatic ring is 1. The number of likely N-dealkylation sites (N-methyl/N-ethyl adjacent to an activating group) is 4. The van der Waals surface area contributed by atoms with Crippen LogP contribution in [-0.2, 0) is 28.4 Å². The third kappa shape index (κ3) is 23.5. The van der Waals surface area contributed by atoms with Crippen molar-refractivity contribution in [3.05, 3.63) is 134 Å². The number of allylic oxidation sites excluding steroid dienone is 1. The van der Waals surface area contributed by atoms with Crippen LogP contribution in [0.4, 0.5) is 77.8 Å². The number of nitrogens with two attached hydrogens (primary N) is 1. The number of nitrogens with zero attached hydrogens (tertiary/aromatic N) is 8. The summed E-state index contributed by atoms with van der Waals surface area (Å²) in [5.41, 5.74) is 11.5. The number of carbonyl (C=O) groups excluding carboxylic acids is 3. The van der Waals surface area contributed by atoms with E-state index in [2.05, 4.69) is 79.3 Å². The maximum atomic E-state index is 14.6. The number of rotatable bonds is 22. The average Bonchev–Trinajstić information content (AvgIpc) is 3.40. The topological polar surface area (TPSA) is 268 Å². The van der Waals surface area contributed by atoms with Gasteiger partial charge in [-0.1, -0.05) is 37.4 Å². The van der Waals surface area contributed by atoms with Crippen LogP contribution >= 0.6 is 25.9 Å². The Balaban J connectivity index is 0.000000471. The molecule has 0 radical (unpaired) electrons. The molecule has 0 fully saturated rings. The van der Waals surface area contributed by atoms with Crippen LogP contribution in [0.25, 0.3) is 0 Å². The Morgan fingerprint density at radius 3 is 1.44 bits per heavy atom. The molecule has 0 aliphatic heterocycles. The molecule has 2 heterocycles. The number of nitrogens with one attached hydrogen (secondary N) is 5. The molecule has 0 spiro atoms. The number of carbonyl (C=O) groups is 3. The number of hydrogen-bond acceptors (Lipinski definition) is 20. The predicted molar refractivity (Wildman–Crippen MR) is 316 cm³/mol. The van der Waals surface area contributed by atoms with Gasteiger partial charge in [-0.3, -0.25) is 14.4 Å². The van der Waals surface area contributed by atoms with E-state index >= 15 is 0 Å². The molecule has 21 nitrogen and oxygen atoms in total. The van der Waals surface area contributed by atoms with E-state index in [4.69, 9.17) is 27.4 Å². The average molecular weight is 1170 g/mol. The number of para-hydroxylation sites is 2. The molecule has 7 N–H and O–H groups in total. The van der Waals surface area contributed by atoms with E-state index in [1.165, 1.54) is 6.08 Å².